The summed E-state index contributed by atoms with van der Waals surface area (Å²) in [6.07, 6.45) is -1.36. The van der Waals surface area contributed by atoms with Crippen molar-refractivity contribution in [2.75, 3.05) is 20.4 Å². The number of para-hydroxylation sites is 2. The van der Waals surface area contributed by atoms with E-state index in [-0.39, 0.29) is 0 Å². The summed E-state index contributed by atoms with van der Waals surface area (Å²) in [6, 6.07) is 40.5. The molecule has 0 aliphatic carbocycles. The molecular weight excluding hydrogens is 684 g/mol. The fraction of sp³-hybridized carbons (Fsp3) is 0.0476. The molecule has 0 fully saturated rings. The molecule has 270 valence electrons. The lowest BCUT2D eigenvalue weighted by Gasteiger charge is -2.23. The van der Waals surface area contributed by atoms with Crippen molar-refractivity contribution in [3.63, 3.8) is 0 Å². The highest BCUT2D eigenvalue weighted by Crippen LogP contribution is 2.34. The number of urea groups is 2. The molecule has 54 heavy (non-hydrogen) atoms. The number of amides is 6. The lowest BCUT2D eigenvalue weighted by atomic mass is 10.0. The maximum absolute atomic E-state index is 12.7. The first-order chi connectivity index (χ1) is 26.0. The van der Waals surface area contributed by atoms with E-state index in [1.165, 1.54) is 9.80 Å². The van der Waals surface area contributed by atoms with Crippen LogP contribution >= 0.6 is 0 Å². The van der Waals surface area contributed by atoms with Gasteiger partial charge in [-0.2, -0.15) is 0 Å². The lowest BCUT2D eigenvalue weighted by Crippen LogP contribution is -2.31. The summed E-state index contributed by atoms with van der Waals surface area (Å²) in [4.78, 5) is 53.3. The van der Waals surface area contributed by atoms with Gasteiger partial charge in [-0.05, 0) is 109 Å². The molecule has 12 heteroatoms. The first-order valence-electron chi connectivity index (χ1n) is 16.7. The molecule has 12 nitrogen and oxygen atoms in total. The third kappa shape index (κ3) is 8.64. The molecule has 0 spiro atoms. The number of anilines is 6. The minimum Gasteiger partial charge on any atom is -0.410 e. The number of hydrogen-bond donors (Lipinski definition) is 4. The van der Waals surface area contributed by atoms with Gasteiger partial charge >= 0.3 is 24.2 Å². The zero-order chi connectivity index (χ0) is 38.2. The van der Waals surface area contributed by atoms with Gasteiger partial charge in [0.25, 0.3) is 0 Å². The summed E-state index contributed by atoms with van der Waals surface area (Å²) in [5, 5.41) is 5.46. The van der Waals surface area contributed by atoms with Crippen LogP contribution in [0.25, 0.3) is 11.1 Å². The number of benzene rings is 6. The zero-order valence-electron chi connectivity index (χ0n) is 29.4. The third-order valence-corrected chi connectivity index (χ3v) is 8.36. The Labute approximate surface area is 311 Å². The smallest absolute Gasteiger partial charge is 0.410 e. The molecule has 6 N–H and O–H groups in total. The highest BCUT2D eigenvalue weighted by atomic mass is 16.6. The van der Waals surface area contributed by atoms with E-state index in [0.29, 0.717) is 45.6 Å². The average Bonchev–Trinajstić information content (AvgIpc) is 3.15. The normalized spacial score (nSPS) is 10.5. The number of rotatable bonds is 9. The number of nitrogens with one attached hydrogen (secondary N) is 2. The second-order valence-corrected chi connectivity index (χ2v) is 12.1. The van der Waals surface area contributed by atoms with Crippen LogP contribution in [0.2, 0.25) is 0 Å². The van der Waals surface area contributed by atoms with Crippen LogP contribution in [0.4, 0.5) is 53.3 Å². The number of nitrogens with zero attached hydrogens (tertiary/aromatic N) is 2. The molecule has 0 unspecified atom stereocenters. The summed E-state index contributed by atoms with van der Waals surface area (Å²) in [5.74, 6) is 0.778. The van der Waals surface area contributed by atoms with E-state index >= 15 is 0 Å². The van der Waals surface area contributed by atoms with E-state index in [0.717, 1.165) is 22.3 Å². The molecule has 0 aromatic heterocycles. The van der Waals surface area contributed by atoms with Gasteiger partial charge in [0.05, 0.1) is 22.7 Å². The van der Waals surface area contributed by atoms with E-state index in [9.17, 15) is 19.2 Å². The standard InChI is InChI=1S/C42H36N6O6/c1-27-13-19-33(25-37(27)45-41(51)53-35-9-5-3-6-10-35)47(39(43)49)31-21-15-29(16-22-31)30-17-23-32(24-18-30)48(40(44)50)34-20-14-28(2)38(26-34)46-42(52)54-36-11-7-4-8-12-36/h3-26H,1-2H3,(H2,43,49)(H2,44,50)(H,45,51)(H,46,52). The average molecular weight is 721 g/mol. The maximum atomic E-state index is 12.7. The topological polar surface area (TPSA) is 169 Å². The molecule has 0 heterocycles. The number of carbonyl (C=O) groups excluding carboxylic acids is 4. The van der Waals surface area contributed by atoms with Gasteiger partial charge < -0.3 is 20.9 Å². The van der Waals surface area contributed by atoms with Crippen molar-refractivity contribution >= 4 is 58.4 Å². The van der Waals surface area contributed by atoms with Crippen LogP contribution < -0.4 is 41.4 Å². The Bertz CT molecular complexity index is 2140. The number of hydrogen-bond acceptors (Lipinski definition) is 6. The van der Waals surface area contributed by atoms with Gasteiger partial charge in [-0.3, -0.25) is 20.4 Å². The second kappa shape index (κ2) is 16.2. The van der Waals surface area contributed by atoms with Crippen LogP contribution in [-0.4, -0.2) is 24.2 Å². The van der Waals surface area contributed by atoms with E-state index < -0.39 is 24.2 Å². The molecule has 0 radical (unpaired) electrons. The van der Waals surface area contributed by atoms with Gasteiger partial charge in [-0.15, -0.1) is 0 Å². The van der Waals surface area contributed by atoms with Gasteiger partial charge in [0, 0.05) is 11.4 Å². The molecule has 0 saturated carbocycles. The lowest BCUT2D eigenvalue weighted by molar-refractivity contribution is 0.214. The number of carbonyl (C=O) groups is 4. The summed E-state index contributed by atoms with van der Waals surface area (Å²) < 4.78 is 10.7. The molecule has 0 saturated heterocycles. The first kappa shape index (κ1) is 36.2. The Morgan fingerprint density at radius 1 is 0.463 bits per heavy atom. The Balaban J connectivity index is 1.17. The Kier molecular flexibility index (Phi) is 10.8. The third-order valence-electron chi connectivity index (χ3n) is 8.36. The van der Waals surface area contributed by atoms with Crippen LogP contribution in [0.3, 0.4) is 0 Å². The summed E-state index contributed by atoms with van der Waals surface area (Å²) in [7, 11) is 0. The number of aryl methyl sites for hydroxylation is 2. The van der Waals surface area contributed by atoms with E-state index in [1.54, 1.807) is 109 Å². The molecule has 0 bridgehead atoms. The van der Waals surface area contributed by atoms with Crippen LogP contribution in [0.1, 0.15) is 11.1 Å². The highest BCUT2D eigenvalue weighted by Gasteiger charge is 2.20. The Hall–Kier alpha value is -7.60. The van der Waals surface area contributed by atoms with Crippen molar-refractivity contribution in [3.8, 4) is 22.6 Å². The molecule has 0 aliphatic rings. The van der Waals surface area contributed by atoms with Crippen molar-refractivity contribution in [1.29, 1.82) is 0 Å². The first-order valence-corrected chi connectivity index (χ1v) is 16.7. The maximum Gasteiger partial charge on any atom is 0.417 e. The van der Waals surface area contributed by atoms with Gasteiger partial charge in [0.2, 0.25) is 0 Å². The molecule has 0 aliphatic heterocycles. The minimum atomic E-state index is -0.720. The Morgan fingerprint density at radius 3 is 1.13 bits per heavy atom. The molecule has 6 amide bonds. The fourth-order valence-corrected chi connectivity index (χ4v) is 5.64. The van der Waals surface area contributed by atoms with E-state index in [2.05, 4.69) is 10.6 Å². The van der Waals surface area contributed by atoms with Crippen LogP contribution in [-0.2, 0) is 0 Å². The fourth-order valence-electron chi connectivity index (χ4n) is 5.64. The van der Waals surface area contributed by atoms with E-state index in [1.807, 2.05) is 50.2 Å². The van der Waals surface area contributed by atoms with Gasteiger partial charge in [0.1, 0.15) is 11.5 Å². The molecule has 6 aromatic rings. The summed E-state index contributed by atoms with van der Waals surface area (Å²) in [5.41, 5.74) is 17.6. The number of ether oxygens (including phenoxy) is 2. The quantitative estimate of drug-likeness (QED) is 0.116. The minimum absolute atomic E-state index is 0.389. The predicted octanol–water partition coefficient (Wildman–Crippen LogP) is 9.63. The van der Waals surface area contributed by atoms with E-state index in [4.69, 9.17) is 20.9 Å². The molecular formula is C42H36N6O6. The van der Waals surface area contributed by atoms with Gasteiger partial charge in [-0.1, -0.05) is 72.8 Å². The van der Waals surface area contributed by atoms with Crippen molar-refractivity contribution in [1.82, 2.24) is 0 Å². The monoisotopic (exact) mass is 720 g/mol. The Morgan fingerprint density at radius 2 is 0.796 bits per heavy atom. The van der Waals surface area contributed by atoms with Crippen molar-refractivity contribution in [2.24, 2.45) is 11.5 Å². The zero-order valence-corrected chi connectivity index (χ0v) is 29.4. The highest BCUT2D eigenvalue weighted by molar-refractivity contribution is 6.01. The molecule has 6 aromatic carbocycles. The van der Waals surface area contributed by atoms with Gasteiger partial charge in [-0.25, -0.2) is 19.2 Å². The van der Waals surface area contributed by atoms with Crippen molar-refractivity contribution in [2.45, 2.75) is 13.8 Å². The summed E-state index contributed by atoms with van der Waals surface area (Å²) in [6.45, 7) is 3.64. The van der Waals surface area contributed by atoms with Crippen LogP contribution in [0, 0.1) is 13.8 Å². The predicted molar refractivity (Wildman–Crippen MR) is 210 cm³/mol. The van der Waals surface area contributed by atoms with Crippen molar-refractivity contribution in [3.05, 3.63) is 157 Å². The SMILES string of the molecule is Cc1ccc(N(C(N)=O)c2ccc(-c3ccc(N(C(N)=O)c4ccc(C)c(NC(=O)Oc5ccccc5)c4)cc3)cc2)cc1NC(=O)Oc1ccccc1. The summed E-state index contributed by atoms with van der Waals surface area (Å²) >= 11 is 0. The molecule has 6 rings (SSSR count). The largest absolute Gasteiger partial charge is 0.417 e. The molecule has 0 atom stereocenters. The second-order valence-electron chi connectivity index (χ2n) is 12.1. The number of primary amides is 2. The van der Waals surface area contributed by atoms with Crippen LogP contribution in [0.5, 0.6) is 11.5 Å². The van der Waals surface area contributed by atoms with Crippen molar-refractivity contribution < 1.29 is 28.7 Å². The number of nitrogens with two attached hydrogens (primary N) is 2. The van der Waals surface area contributed by atoms with Gasteiger partial charge in [0.15, 0.2) is 0 Å². The van der Waals surface area contributed by atoms with Crippen LogP contribution in [0.15, 0.2) is 146 Å².